The summed E-state index contributed by atoms with van der Waals surface area (Å²) in [5.74, 6) is 0.0910. The van der Waals surface area contributed by atoms with Gasteiger partial charge in [0.2, 0.25) is 0 Å². The topological polar surface area (TPSA) is 83.6 Å². The van der Waals surface area contributed by atoms with Crippen LogP contribution in [-0.2, 0) is 9.59 Å². The number of nitrogens with zero attached hydrogens (tertiary/aromatic N) is 4. The van der Waals surface area contributed by atoms with Crippen molar-refractivity contribution in [2.45, 2.75) is 83.1 Å². The minimum Gasteiger partial charge on any atom is -0.289 e. The van der Waals surface area contributed by atoms with Gasteiger partial charge in [0.05, 0.1) is 32.5 Å². The zero-order chi connectivity index (χ0) is 39.1. The van der Waals surface area contributed by atoms with Crippen LogP contribution in [0.5, 0.6) is 0 Å². The Morgan fingerprint density at radius 3 is 0.962 bits per heavy atom. The molecule has 0 aliphatic heterocycles. The van der Waals surface area contributed by atoms with Gasteiger partial charge in [-0.1, -0.05) is 142 Å². The van der Waals surface area contributed by atoms with Gasteiger partial charge in [-0.05, 0) is 69.2 Å². The van der Waals surface area contributed by atoms with E-state index in [-0.39, 0.29) is 53.3 Å². The van der Waals surface area contributed by atoms with Crippen molar-refractivity contribution in [1.82, 2.24) is 0 Å². The number of ketones is 2. The Kier molecular flexibility index (Phi) is 12.0. The highest BCUT2D eigenvalue weighted by Gasteiger charge is 2.35. The average molecular weight is 781 g/mol. The molecule has 0 bridgehead atoms. The summed E-state index contributed by atoms with van der Waals surface area (Å²) < 4.78 is 0. The van der Waals surface area contributed by atoms with Crippen LogP contribution in [0, 0.1) is 21.7 Å². The molecule has 2 aromatic carbocycles. The summed E-state index contributed by atoms with van der Waals surface area (Å²) in [6.07, 6.45) is 10.6. The van der Waals surface area contributed by atoms with Gasteiger partial charge in [0.15, 0.2) is 11.6 Å². The third kappa shape index (κ3) is 9.20. The minimum absolute atomic E-state index is 0.0455. The lowest BCUT2D eigenvalue weighted by molar-refractivity contribution is -0.114. The second-order valence-corrected chi connectivity index (χ2v) is 18.6. The molecule has 4 rings (SSSR count). The quantitative estimate of drug-likeness (QED) is 0.283. The molecule has 0 fully saturated rings. The first-order valence-electron chi connectivity index (χ1n) is 17.0. The molecule has 0 atom stereocenters. The monoisotopic (exact) mass is 778 g/mol. The Labute approximate surface area is 328 Å². The van der Waals surface area contributed by atoms with Crippen molar-refractivity contribution in [3.63, 3.8) is 0 Å². The Hall–Kier alpha value is -3.42. The maximum atomic E-state index is 13.3. The van der Waals surface area contributed by atoms with E-state index in [2.05, 4.69) is 20.5 Å². The van der Waals surface area contributed by atoms with E-state index in [1.165, 1.54) is 0 Å². The number of azo groups is 2. The number of halogens is 4. The lowest BCUT2D eigenvalue weighted by atomic mass is 9.72. The van der Waals surface area contributed by atoms with Gasteiger partial charge < -0.3 is 0 Å². The summed E-state index contributed by atoms with van der Waals surface area (Å²) in [5, 5.41) is 18.1. The summed E-state index contributed by atoms with van der Waals surface area (Å²) in [5.41, 5.74) is 4.84. The summed E-state index contributed by atoms with van der Waals surface area (Å²) in [7, 11) is 0. The molecule has 10 heteroatoms. The molecule has 0 unspecified atom stereocenters. The Morgan fingerprint density at radius 2 is 0.712 bits per heavy atom. The second-order valence-electron chi connectivity index (χ2n) is 17.1. The van der Waals surface area contributed by atoms with Gasteiger partial charge in [0, 0.05) is 33.4 Å². The number of rotatable bonds is 5. The van der Waals surface area contributed by atoms with Crippen molar-refractivity contribution >= 4 is 69.3 Å². The Morgan fingerprint density at radius 1 is 0.442 bits per heavy atom. The highest BCUT2D eigenvalue weighted by Crippen LogP contribution is 2.46. The predicted molar refractivity (Wildman–Crippen MR) is 217 cm³/mol. The molecule has 2 aliphatic rings. The van der Waals surface area contributed by atoms with Crippen LogP contribution in [0.15, 0.2) is 115 Å². The molecule has 52 heavy (non-hydrogen) atoms. The van der Waals surface area contributed by atoms with E-state index < -0.39 is 0 Å². The van der Waals surface area contributed by atoms with Crippen LogP contribution in [-0.4, -0.2) is 11.6 Å². The zero-order valence-electron chi connectivity index (χ0n) is 31.9. The first kappa shape index (κ1) is 41.3. The highest BCUT2D eigenvalue weighted by atomic mass is 35.5. The van der Waals surface area contributed by atoms with Crippen molar-refractivity contribution in [1.29, 1.82) is 0 Å². The van der Waals surface area contributed by atoms with Crippen LogP contribution in [0.4, 0.5) is 11.4 Å². The van der Waals surface area contributed by atoms with Gasteiger partial charge in [-0.25, -0.2) is 0 Å². The molecule has 0 aromatic heterocycles. The lowest BCUT2D eigenvalue weighted by Crippen LogP contribution is -2.27. The van der Waals surface area contributed by atoms with Crippen LogP contribution < -0.4 is 0 Å². The Balaban J connectivity index is 1.63. The fourth-order valence-corrected chi connectivity index (χ4v) is 6.57. The summed E-state index contributed by atoms with van der Waals surface area (Å²) in [6, 6.07) is 6.88. The van der Waals surface area contributed by atoms with E-state index in [4.69, 9.17) is 46.4 Å². The lowest BCUT2D eigenvalue weighted by Gasteiger charge is -2.31. The number of benzene rings is 2. The van der Waals surface area contributed by atoms with E-state index in [0.29, 0.717) is 44.8 Å². The molecule has 274 valence electrons. The average Bonchev–Trinajstić information content (AvgIpc) is 3.01. The number of carbonyl (C=O) groups is 2. The predicted octanol–water partition coefficient (Wildman–Crippen LogP) is 15.0. The Bertz CT molecular complexity index is 1860. The van der Waals surface area contributed by atoms with Gasteiger partial charge in [0.25, 0.3) is 0 Å². The molecule has 6 nitrogen and oxygen atoms in total. The van der Waals surface area contributed by atoms with Crippen molar-refractivity contribution in [3.8, 4) is 11.1 Å². The number of hydrogen-bond donors (Lipinski definition) is 0. The van der Waals surface area contributed by atoms with Gasteiger partial charge in [0.1, 0.15) is 11.4 Å². The fraction of sp³-hybridized carbons (Fsp3) is 0.381. The number of Topliss-reactive ketones (excluding diaryl/α,β-unsaturated/α-hetero) is 2. The number of carbonyl (C=O) groups excluding carboxylic acids is 2. The van der Waals surface area contributed by atoms with E-state index in [9.17, 15) is 9.59 Å². The molecule has 2 aromatic rings. The van der Waals surface area contributed by atoms with Crippen molar-refractivity contribution in [2.75, 3.05) is 0 Å². The summed E-state index contributed by atoms with van der Waals surface area (Å²) in [6.45, 7) is 24.2. The molecule has 0 saturated heterocycles. The fourth-order valence-electron chi connectivity index (χ4n) is 5.64. The molecule has 0 radical (unpaired) electrons. The third-order valence-electron chi connectivity index (χ3n) is 8.61. The van der Waals surface area contributed by atoms with E-state index in [1.807, 2.05) is 107 Å². The van der Waals surface area contributed by atoms with Gasteiger partial charge in [-0.2, -0.15) is 10.2 Å². The molecule has 0 N–H and O–H groups in total. The van der Waals surface area contributed by atoms with Crippen LogP contribution in [0.3, 0.4) is 0 Å². The molecular weight excluding hydrogens is 734 g/mol. The molecule has 0 heterocycles. The standard InChI is InChI=1S/C42H46Cl4N4O2/c1-39(2,3)27-17-23(18-28(37(27)51)40(4,5)6)21-47-49-31-15-13-25(33(43)35(31)45)26-14-16-32(36(46)34(26)44)50-48-22-24-19-29(41(7,8)9)38(52)30(20-24)42(10,11)12/h13-22H,1-12H3. The first-order chi connectivity index (χ1) is 23.8. The maximum absolute atomic E-state index is 13.3. The van der Waals surface area contributed by atoms with Crippen LogP contribution in [0.2, 0.25) is 20.1 Å². The van der Waals surface area contributed by atoms with Crippen molar-refractivity contribution in [2.24, 2.45) is 42.1 Å². The summed E-state index contributed by atoms with van der Waals surface area (Å²) in [4.78, 5) is 26.5. The largest absolute Gasteiger partial charge is 0.289 e. The molecular formula is C42H46Cl4N4O2. The molecule has 0 spiro atoms. The minimum atomic E-state index is -0.340. The second kappa shape index (κ2) is 15.1. The number of hydrogen-bond acceptors (Lipinski definition) is 6. The van der Waals surface area contributed by atoms with Crippen LogP contribution >= 0.6 is 46.4 Å². The van der Waals surface area contributed by atoms with Gasteiger partial charge in [-0.3, -0.25) is 9.59 Å². The van der Waals surface area contributed by atoms with Crippen molar-refractivity contribution in [3.05, 3.63) is 114 Å². The summed E-state index contributed by atoms with van der Waals surface area (Å²) >= 11 is 26.9. The first-order valence-corrected chi connectivity index (χ1v) is 18.5. The van der Waals surface area contributed by atoms with Gasteiger partial charge in [-0.15, -0.1) is 10.2 Å². The highest BCUT2D eigenvalue weighted by molar-refractivity contribution is 6.47. The molecule has 0 amide bonds. The smallest absolute Gasteiger partial charge is 0.186 e. The zero-order valence-corrected chi connectivity index (χ0v) is 34.9. The maximum Gasteiger partial charge on any atom is 0.186 e. The molecule has 0 saturated carbocycles. The van der Waals surface area contributed by atoms with E-state index in [1.54, 1.807) is 36.7 Å². The van der Waals surface area contributed by atoms with Gasteiger partial charge >= 0.3 is 0 Å². The van der Waals surface area contributed by atoms with Crippen LogP contribution in [0.1, 0.15) is 83.1 Å². The normalized spacial score (nSPS) is 16.4. The van der Waals surface area contributed by atoms with Crippen LogP contribution in [0.25, 0.3) is 11.1 Å². The van der Waals surface area contributed by atoms with Crippen molar-refractivity contribution < 1.29 is 9.59 Å². The van der Waals surface area contributed by atoms with E-state index >= 15 is 0 Å². The third-order valence-corrected chi connectivity index (χ3v) is 10.4. The molecule has 2 aliphatic carbocycles. The van der Waals surface area contributed by atoms with E-state index in [0.717, 1.165) is 11.1 Å². The number of allylic oxidation sites excluding steroid dienone is 10. The SMILES string of the molecule is CC(C)(C)C1=CC(=CN=Nc2ccc(-c3ccc(N=NC=C4C=C(C(C)(C)C)C(=O)C(C(C)(C)C)=C4)c(Cl)c3Cl)c(Cl)c2Cl)C=C(C(C)(C)C)C1=O.